The van der Waals surface area contributed by atoms with Gasteiger partial charge in [0.2, 0.25) is 11.8 Å². The Balaban J connectivity index is 0.000000190. The fraction of sp³-hybridized carbons (Fsp3) is 0.432. The summed E-state index contributed by atoms with van der Waals surface area (Å²) in [5.41, 5.74) is -1.12. The van der Waals surface area contributed by atoms with Crippen molar-refractivity contribution in [2.24, 2.45) is 0 Å². The van der Waals surface area contributed by atoms with Crippen molar-refractivity contribution in [3.05, 3.63) is 64.4 Å². The summed E-state index contributed by atoms with van der Waals surface area (Å²) in [5, 5.41) is 37.4. The van der Waals surface area contributed by atoms with E-state index < -0.39 is 85.6 Å². The molecule has 4 aliphatic rings. The first kappa shape index (κ1) is 40.8. The van der Waals surface area contributed by atoms with Crippen LogP contribution < -0.4 is 15.4 Å². The van der Waals surface area contributed by atoms with E-state index in [9.17, 15) is 48.9 Å². The van der Waals surface area contributed by atoms with E-state index in [1.807, 2.05) is 37.3 Å². The minimum Gasteiger partial charge on any atom is -0.493 e. The summed E-state index contributed by atoms with van der Waals surface area (Å²) >= 11 is 3.83. The number of hydrogen-bond donors (Lipinski definition) is 5. The molecule has 56 heavy (non-hydrogen) atoms. The molecule has 5 N–H and O–H groups in total. The molecule has 1 aromatic heterocycles. The normalized spacial score (nSPS) is 27.1. The number of thiophene rings is 1. The maximum absolute atomic E-state index is 13.2. The summed E-state index contributed by atoms with van der Waals surface area (Å²) in [4.78, 5) is 88.7. The van der Waals surface area contributed by atoms with Crippen LogP contribution in [0.1, 0.15) is 56.5 Å². The van der Waals surface area contributed by atoms with Crippen molar-refractivity contribution in [1.29, 1.82) is 0 Å². The molecular formula is C37H40N4O12S3. The third-order valence-electron chi connectivity index (χ3n) is 10.1. The number of carboxylic acids is 3. The number of nitrogens with zero attached hydrogens (tertiary/aromatic N) is 2. The lowest BCUT2D eigenvalue weighted by atomic mass is 9.92. The van der Waals surface area contributed by atoms with Crippen molar-refractivity contribution in [3.8, 4) is 5.75 Å². The van der Waals surface area contributed by atoms with Crippen molar-refractivity contribution < 1.29 is 58.4 Å². The van der Waals surface area contributed by atoms with Crippen LogP contribution in [0.3, 0.4) is 0 Å². The number of carbonyl (C=O) groups is 7. The first-order valence-electron chi connectivity index (χ1n) is 17.4. The second-order valence-electron chi connectivity index (χ2n) is 14.4. The van der Waals surface area contributed by atoms with Crippen molar-refractivity contribution in [2.75, 3.05) is 13.7 Å². The number of hydrogen-bond acceptors (Lipinski definition) is 12. The Kier molecular flexibility index (Phi) is 10.9. The second kappa shape index (κ2) is 14.9. The van der Waals surface area contributed by atoms with E-state index in [1.165, 1.54) is 52.9 Å². The Hall–Kier alpha value is -4.85. The number of ether oxygens (including phenoxy) is 2. The summed E-state index contributed by atoms with van der Waals surface area (Å²) in [5.74, 6) is -6.96. The second-order valence-corrected chi connectivity index (χ2v) is 18.7. The molecule has 4 aliphatic heterocycles. The molecule has 298 valence electrons. The highest BCUT2D eigenvalue weighted by molar-refractivity contribution is 8.02. The van der Waals surface area contributed by atoms with Crippen LogP contribution in [-0.2, 0) is 33.5 Å². The van der Waals surface area contributed by atoms with E-state index in [2.05, 4.69) is 10.6 Å². The minimum atomic E-state index is -1.80. The number of fused-ring (bicyclic) bond motifs is 3. The Morgan fingerprint density at radius 1 is 0.893 bits per heavy atom. The number of amides is 4. The molecule has 1 unspecified atom stereocenters. The van der Waals surface area contributed by atoms with Gasteiger partial charge in [0.25, 0.3) is 17.5 Å². The number of nitrogens with one attached hydrogen (secondary N) is 2. The van der Waals surface area contributed by atoms with Crippen LogP contribution in [0.25, 0.3) is 10.8 Å². The summed E-state index contributed by atoms with van der Waals surface area (Å²) in [6.45, 7) is 9.23. The summed E-state index contributed by atoms with van der Waals surface area (Å²) in [7, 11) is 1.22. The van der Waals surface area contributed by atoms with Gasteiger partial charge in [-0.05, 0) is 73.8 Å². The molecule has 4 fully saturated rings. The number of carboxylic acid groups (broad SMARTS) is 3. The third-order valence-corrected chi connectivity index (χ3v) is 14.0. The number of benzene rings is 2. The smallest absolute Gasteiger partial charge is 0.327 e. The molecule has 0 saturated carbocycles. The molecule has 3 aromatic rings. The van der Waals surface area contributed by atoms with E-state index >= 15 is 0 Å². The van der Waals surface area contributed by atoms with E-state index in [0.29, 0.717) is 23.5 Å². The topological polar surface area (TPSA) is 229 Å². The highest BCUT2D eigenvalue weighted by Gasteiger charge is 2.73. The Bertz CT molecular complexity index is 2130. The molecule has 0 bridgehead atoms. The summed E-state index contributed by atoms with van der Waals surface area (Å²) in [6, 6.07) is 9.90. The summed E-state index contributed by atoms with van der Waals surface area (Å²) in [6.07, 6.45) is 0. The molecule has 4 saturated heterocycles. The fourth-order valence-corrected chi connectivity index (χ4v) is 11.6. The van der Waals surface area contributed by atoms with Gasteiger partial charge in [-0.15, -0.1) is 23.5 Å². The lowest BCUT2D eigenvalue weighted by molar-refractivity contribution is -0.201. The van der Waals surface area contributed by atoms with Gasteiger partial charge in [0.1, 0.15) is 34.6 Å². The molecule has 7 rings (SSSR count). The van der Waals surface area contributed by atoms with Crippen LogP contribution in [-0.4, -0.2) is 124 Å². The minimum absolute atomic E-state index is 0.294. The first-order chi connectivity index (χ1) is 26.3. The van der Waals surface area contributed by atoms with Crippen LogP contribution in [0.4, 0.5) is 0 Å². The zero-order valence-electron chi connectivity index (χ0n) is 31.0. The van der Waals surface area contributed by atoms with E-state index in [4.69, 9.17) is 9.47 Å². The van der Waals surface area contributed by atoms with Crippen molar-refractivity contribution in [1.82, 2.24) is 20.4 Å². The molecule has 2 aromatic carbocycles. The van der Waals surface area contributed by atoms with Gasteiger partial charge in [-0.2, -0.15) is 11.3 Å². The van der Waals surface area contributed by atoms with E-state index in [0.717, 1.165) is 15.7 Å². The van der Waals surface area contributed by atoms with E-state index in [1.54, 1.807) is 44.5 Å². The number of aliphatic carboxylic acids is 3. The van der Waals surface area contributed by atoms with Gasteiger partial charge in [0, 0.05) is 16.6 Å². The quantitative estimate of drug-likeness (QED) is 0.106. The molecule has 0 spiro atoms. The SMILES string of the molecule is CCOc1ccc2ccccc2c1C(=O)N[C@@H]1C(=O)N2[C@@H]1SC(C)(C)[C@@H]2C(=O)O.CO[C@@]1(NC(=O)C(C(=O)O)c2ccsc2)C(=O)N2[C@@H](C(=O)O)C(C)(C)S[C@@H]21. The van der Waals surface area contributed by atoms with E-state index in [-0.39, 0.29) is 5.91 Å². The largest absolute Gasteiger partial charge is 0.493 e. The third kappa shape index (κ3) is 6.62. The van der Waals surface area contributed by atoms with Gasteiger partial charge < -0.3 is 45.2 Å². The molecule has 4 amide bonds. The first-order valence-corrected chi connectivity index (χ1v) is 20.1. The average Bonchev–Trinajstić information content (AvgIpc) is 3.82. The number of carbonyl (C=O) groups excluding carboxylic acids is 4. The van der Waals surface area contributed by atoms with Crippen LogP contribution in [0.5, 0.6) is 5.75 Å². The van der Waals surface area contributed by atoms with Crippen LogP contribution in [0, 0.1) is 0 Å². The molecule has 0 radical (unpaired) electrons. The maximum Gasteiger partial charge on any atom is 0.327 e. The Morgan fingerprint density at radius 3 is 2.12 bits per heavy atom. The molecule has 5 heterocycles. The monoisotopic (exact) mass is 828 g/mol. The van der Waals surface area contributed by atoms with Gasteiger partial charge in [0.05, 0.1) is 12.2 Å². The van der Waals surface area contributed by atoms with Crippen LogP contribution in [0.2, 0.25) is 0 Å². The number of rotatable bonds is 11. The van der Waals surface area contributed by atoms with Gasteiger partial charge in [-0.25, -0.2) is 9.59 Å². The van der Waals surface area contributed by atoms with Crippen molar-refractivity contribution in [3.63, 3.8) is 0 Å². The predicted molar refractivity (Wildman–Crippen MR) is 206 cm³/mol. The molecular weight excluding hydrogens is 789 g/mol. The number of methoxy groups -OCH3 is 1. The van der Waals surface area contributed by atoms with Gasteiger partial charge in [-0.1, -0.05) is 30.3 Å². The highest BCUT2D eigenvalue weighted by atomic mass is 32.2. The number of thioether (sulfide) groups is 2. The Morgan fingerprint density at radius 2 is 1.54 bits per heavy atom. The average molecular weight is 829 g/mol. The zero-order chi connectivity index (χ0) is 41.1. The van der Waals surface area contributed by atoms with Crippen LogP contribution in [0.15, 0.2) is 53.2 Å². The van der Waals surface area contributed by atoms with Crippen LogP contribution >= 0.6 is 34.9 Å². The highest BCUT2D eigenvalue weighted by Crippen LogP contribution is 2.55. The van der Waals surface area contributed by atoms with Crippen molar-refractivity contribution in [2.45, 2.75) is 84.6 Å². The van der Waals surface area contributed by atoms with Crippen molar-refractivity contribution >= 4 is 87.2 Å². The van der Waals surface area contributed by atoms with Gasteiger partial charge in [0.15, 0.2) is 5.92 Å². The molecule has 0 aliphatic carbocycles. The van der Waals surface area contributed by atoms with Gasteiger partial charge >= 0.3 is 17.9 Å². The lowest BCUT2D eigenvalue weighted by Gasteiger charge is -2.51. The zero-order valence-corrected chi connectivity index (χ0v) is 33.5. The standard InChI is InChI=1S/C21H22N2O5S.C16H18N2O7S2/c1-4-28-13-10-9-11-7-5-6-8-12(11)14(13)17(24)22-15-18(25)23-16(20(26)27)21(2,3)29-19(15)23;1-15(2)9(12(22)23)18-13(24)16(25-3,14(18)27-15)17-10(19)8(11(20)21)7-4-5-26-6-7/h5-10,15-16,19H,4H2,1-3H3,(H,22,24)(H,26,27);4-6,8-9,14H,1-3H3,(H,17,19)(H,20,21)(H,22,23)/t15-,16+,19-;8?,9-,14+,16-/m10/s1. The molecule has 7 atom stereocenters. The molecule has 19 heteroatoms. The molecule has 16 nitrogen and oxygen atoms in total. The lowest BCUT2D eigenvalue weighted by Crippen LogP contribution is -2.80. The number of β-lactam (4-membered cyclic amide) rings is 2. The Labute approximate surface area is 333 Å². The summed E-state index contributed by atoms with van der Waals surface area (Å²) < 4.78 is 9.52. The predicted octanol–water partition coefficient (Wildman–Crippen LogP) is 3.01. The maximum atomic E-state index is 13.2. The fourth-order valence-electron chi connectivity index (χ4n) is 7.60. The van der Waals surface area contributed by atoms with Gasteiger partial charge in [-0.3, -0.25) is 24.0 Å².